The highest BCUT2D eigenvalue weighted by atomic mass is 19.4. The van der Waals surface area contributed by atoms with E-state index in [0.29, 0.717) is 16.7 Å². The number of halogens is 3. The van der Waals surface area contributed by atoms with Crippen molar-refractivity contribution < 1.29 is 27.5 Å². The van der Waals surface area contributed by atoms with Crippen LogP contribution in [0.2, 0.25) is 0 Å². The second-order valence-electron chi connectivity index (χ2n) is 13.0. The van der Waals surface area contributed by atoms with Crippen LogP contribution in [0.25, 0.3) is 10.9 Å². The van der Waals surface area contributed by atoms with Crippen LogP contribution in [-0.4, -0.2) is 40.1 Å². The molecule has 2 N–H and O–H groups in total. The number of carbonyl (C=O) groups excluding carboxylic acids is 2. The number of alkyl halides is 3. The van der Waals surface area contributed by atoms with Gasteiger partial charge in [0.15, 0.2) is 0 Å². The van der Waals surface area contributed by atoms with Crippen molar-refractivity contribution >= 4 is 22.7 Å². The number of nitrogens with zero attached hydrogens (tertiary/aromatic N) is 2. The first-order chi connectivity index (χ1) is 20.1. The second kappa shape index (κ2) is 11.6. The van der Waals surface area contributed by atoms with E-state index in [1.807, 2.05) is 5.32 Å². The van der Waals surface area contributed by atoms with Crippen molar-refractivity contribution in [1.29, 1.82) is 0 Å². The summed E-state index contributed by atoms with van der Waals surface area (Å²) in [4.78, 5) is 41.2. The lowest BCUT2D eigenvalue weighted by atomic mass is 9.53. The van der Waals surface area contributed by atoms with Gasteiger partial charge in [0.2, 0.25) is 17.6 Å². The molecule has 4 bridgehead atoms. The average molecular weight is 589 g/mol. The molecule has 228 valence electrons. The zero-order valence-corrected chi connectivity index (χ0v) is 23.8. The van der Waals surface area contributed by atoms with Crippen molar-refractivity contribution in [3.8, 4) is 5.75 Å². The number of rotatable bonds is 11. The van der Waals surface area contributed by atoms with E-state index in [-0.39, 0.29) is 29.5 Å². The molecule has 5 fully saturated rings. The molecule has 8 nitrogen and oxygen atoms in total. The number of hydrogen-bond donors (Lipinski definition) is 2. The fourth-order valence-electron chi connectivity index (χ4n) is 8.37. The average Bonchev–Trinajstić information content (AvgIpc) is 2.91. The Morgan fingerprint density at radius 1 is 0.976 bits per heavy atom. The van der Waals surface area contributed by atoms with E-state index < -0.39 is 35.4 Å². The Morgan fingerprint density at radius 2 is 1.64 bits per heavy atom. The number of carbonyl (C=O) groups is 2. The summed E-state index contributed by atoms with van der Waals surface area (Å²) in [5, 5.41) is 5.86. The van der Waals surface area contributed by atoms with Gasteiger partial charge in [-0.3, -0.25) is 24.3 Å². The van der Waals surface area contributed by atoms with Crippen LogP contribution < -0.4 is 20.9 Å². The summed E-state index contributed by atoms with van der Waals surface area (Å²) < 4.78 is 48.0. The maximum Gasteiger partial charge on any atom is 0.449 e. The fraction of sp³-hybridized carbons (Fsp3) is 0.677. The number of imide groups is 1. The quantitative estimate of drug-likeness (QED) is 0.274. The summed E-state index contributed by atoms with van der Waals surface area (Å²) in [7, 11) is 0. The SMILES string of the molecule is O=C1CC[C@@H](n2c(C(F)(F)F)nc3cccc(OCCCCCCCNC45CC6CC(CC(C6)C4)C5)c3c2=O)C(=O)N1. The zero-order chi connectivity index (χ0) is 29.5. The van der Waals surface area contributed by atoms with Crippen molar-refractivity contribution in [2.24, 2.45) is 17.8 Å². The van der Waals surface area contributed by atoms with Gasteiger partial charge in [0.05, 0.1) is 12.1 Å². The molecule has 1 atom stereocenters. The molecular formula is C31H39F3N4O4. The number of benzene rings is 1. The van der Waals surface area contributed by atoms with E-state index in [2.05, 4.69) is 10.3 Å². The van der Waals surface area contributed by atoms with Crippen LogP contribution in [0.1, 0.15) is 95.3 Å². The lowest BCUT2D eigenvalue weighted by molar-refractivity contribution is -0.150. The minimum atomic E-state index is -4.98. The molecule has 1 aromatic heterocycles. The molecule has 4 saturated carbocycles. The van der Waals surface area contributed by atoms with Crippen LogP contribution in [-0.2, 0) is 15.8 Å². The van der Waals surface area contributed by atoms with Crippen LogP contribution in [0.3, 0.4) is 0 Å². The third-order valence-corrected chi connectivity index (χ3v) is 9.78. The maximum absolute atomic E-state index is 13.9. The normalized spacial score (nSPS) is 28.8. The molecule has 4 aliphatic carbocycles. The van der Waals surface area contributed by atoms with Gasteiger partial charge in [-0.15, -0.1) is 0 Å². The van der Waals surface area contributed by atoms with Crippen molar-refractivity contribution in [3.63, 3.8) is 0 Å². The van der Waals surface area contributed by atoms with E-state index in [4.69, 9.17) is 4.74 Å². The number of ether oxygens (including phenoxy) is 1. The van der Waals surface area contributed by atoms with E-state index in [0.717, 1.165) is 56.4 Å². The number of aromatic nitrogens is 2. The number of unbranched alkanes of at least 4 members (excludes halogenated alkanes) is 4. The molecule has 11 heteroatoms. The Hall–Kier alpha value is -2.95. The first kappa shape index (κ1) is 29.1. The molecule has 42 heavy (non-hydrogen) atoms. The third-order valence-electron chi connectivity index (χ3n) is 9.78. The fourth-order valence-corrected chi connectivity index (χ4v) is 8.37. The highest BCUT2D eigenvalue weighted by Gasteiger charge is 2.50. The summed E-state index contributed by atoms with van der Waals surface area (Å²) in [5.41, 5.74) is -0.767. The summed E-state index contributed by atoms with van der Waals surface area (Å²) in [6.07, 6.45) is 8.05. The van der Waals surface area contributed by atoms with Gasteiger partial charge < -0.3 is 10.1 Å². The Morgan fingerprint density at radius 3 is 2.31 bits per heavy atom. The summed E-state index contributed by atoms with van der Waals surface area (Å²) in [6.45, 7) is 1.37. The molecule has 5 aliphatic rings. The van der Waals surface area contributed by atoms with Crippen LogP contribution in [0.4, 0.5) is 13.2 Å². The van der Waals surface area contributed by atoms with Crippen molar-refractivity contribution in [2.75, 3.05) is 13.2 Å². The standard InChI is InChI=1S/C31H39F3N4O4/c32-31(33,34)29-36-22-7-6-8-24(26(22)28(41)38(29)23-9-10-25(39)37-27(23)40)42-12-5-3-1-2-4-11-35-30-16-19-13-20(17-30)15-21(14-19)18-30/h6-8,19-21,23,35H,1-5,9-18H2,(H,37,39,40)/t19?,20?,21?,23-,30?/m1/s1. The van der Waals surface area contributed by atoms with E-state index >= 15 is 0 Å². The summed E-state index contributed by atoms with van der Waals surface area (Å²) >= 11 is 0. The van der Waals surface area contributed by atoms with Gasteiger partial charge in [0, 0.05) is 12.0 Å². The zero-order valence-electron chi connectivity index (χ0n) is 23.8. The van der Waals surface area contributed by atoms with Gasteiger partial charge in [-0.2, -0.15) is 13.2 Å². The number of hydrogen-bond acceptors (Lipinski definition) is 6. The highest BCUT2D eigenvalue weighted by molar-refractivity contribution is 5.99. The van der Waals surface area contributed by atoms with Crippen LogP contribution in [0, 0.1) is 17.8 Å². The molecule has 1 saturated heterocycles. The first-order valence-electron chi connectivity index (χ1n) is 15.5. The highest BCUT2D eigenvalue weighted by Crippen LogP contribution is 2.55. The number of amides is 2. The van der Waals surface area contributed by atoms with Crippen LogP contribution in [0.5, 0.6) is 5.75 Å². The molecule has 2 amide bonds. The molecule has 1 aliphatic heterocycles. The summed E-state index contributed by atoms with van der Waals surface area (Å²) in [5.74, 6) is -0.0558. The summed E-state index contributed by atoms with van der Waals surface area (Å²) in [6, 6.07) is 2.86. The van der Waals surface area contributed by atoms with Gasteiger partial charge in [0.1, 0.15) is 17.2 Å². The first-order valence-corrected chi connectivity index (χ1v) is 15.5. The number of fused-ring (bicyclic) bond motifs is 1. The smallest absolute Gasteiger partial charge is 0.449 e. The van der Waals surface area contributed by atoms with Gasteiger partial charge >= 0.3 is 6.18 Å². The van der Waals surface area contributed by atoms with Crippen LogP contribution >= 0.6 is 0 Å². The molecule has 0 radical (unpaired) electrons. The van der Waals surface area contributed by atoms with Crippen molar-refractivity contribution in [1.82, 2.24) is 20.2 Å². The maximum atomic E-state index is 13.9. The Bertz CT molecular complexity index is 1370. The molecule has 7 rings (SSSR count). The second-order valence-corrected chi connectivity index (χ2v) is 13.0. The lowest BCUT2D eigenvalue weighted by Crippen LogP contribution is -2.58. The Balaban J connectivity index is 1.03. The molecule has 2 heterocycles. The van der Waals surface area contributed by atoms with E-state index in [9.17, 15) is 27.6 Å². The third kappa shape index (κ3) is 5.94. The minimum Gasteiger partial charge on any atom is -0.493 e. The van der Waals surface area contributed by atoms with Crippen molar-refractivity contribution in [2.45, 2.75) is 101 Å². The molecule has 1 aromatic carbocycles. The number of nitrogens with one attached hydrogen (secondary N) is 2. The lowest BCUT2D eigenvalue weighted by Gasteiger charge is -2.57. The predicted octanol–water partition coefficient (Wildman–Crippen LogP) is 5.28. The minimum absolute atomic E-state index is 0.106. The molecule has 0 spiro atoms. The van der Waals surface area contributed by atoms with Gasteiger partial charge in [0.25, 0.3) is 5.56 Å². The van der Waals surface area contributed by atoms with Gasteiger partial charge in [-0.05, 0) is 94.2 Å². The predicted molar refractivity (Wildman–Crippen MR) is 150 cm³/mol. The largest absolute Gasteiger partial charge is 0.493 e. The Labute approximate surface area is 242 Å². The monoisotopic (exact) mass is 588 g/mol. The van der Waals surface area contributed by atoms with Crippen molar-refractivity contribution in [3.05, 3.63) is 34.4 Å². The van der Waals surface area contributed by atoms with E-state index in [1.54, 1.807) is 0 Å². The van der Waals surface area contributed by atoms with Crippen LogP contribution in [0.15, 0.2) is 23.0 Å². The molecular weight excluding hydrogens is 549 g/mol. The molecule has 2 aromatic rings. The number of piperidine rings is 1. The van der Waals surface area contributed by atoms with E-state index in [1.165, 1.54) is 56.7 Å². The Kier molecular flexibility index (Phi) is 8.06. The van der Waals surface area contributed by atoms with Gasteiger partial charge in [-0.25, -0.2) is 4.98 Å². The molecule has 0 unspecified atom stereocenters. The van der Waals surface area contributed by atoms with Gasteiger partial charge in [-0.1, -0.05) is 25.3 Å². The topological polar surface area (TPSA) is 102 Å².